The van der Waals surface area contributed by atoms with Gasteiger partial charge in [0.25, 0.3) is 5.91 Å². The fraction of sp³-hybridized carbons (Fsp3) is 0.343. The van der Waals surface area contributed by atoms with E-state index in [-0.39, 0.29) is 253 Å². The van der Waals surface area contributed by atoms with Gasteiger partial charge in [-0.1, -0.05) is 224 Å². The van der Waals surface area contributed by atoms with Gasteiger partial charge in [-0.25, -0.2) is 24.0 Å². The second kappa shape index (κ2) is 60.8. The molecule has 10 aromatic rings. The van der Waals surface area contributed by atoms with E-state index in [2.05, 4.69) is 0 Å². The van der Waals surface area contributed by atoms with Gasteiger partial charge in [0.1, 0.15) is 86.5 Å². The summed E-state index contributed by atoms with van der Waals surface area (Å²) in [6, 6.07) is 78.2. The first-order valence-electron chi connectivity index (χ1n) is 45.7. The third-order valence-corrected chi connectivity index (χ3v) is 23.8. The number of nitro benzene ring substituents is 1. The number of piperazine rings is 1. The van der Waals surface area contributed by atoms with E-state index >= 15 is 9.59 Å². The number of hydrogen-bond acceptors (Lipinski definition) is 32. The van der Waals surface area contributed by atoms with Crippen LogP contribution in [0.3, 0.4) is 0 Å². The molecule has 10 aromatic carbocycles. The van der Waals surface area contributed by atoms with Crippen molar-refractivity contribution in [1.29, 1.82) is 0 Å². The number of aliphatic hydroxyl groups is 3. The molecule has 38 heteroatoms. The summed E-state index contributed by atoms with van der Waals surface area (Å²) in [5, 5.41) is 50.8. The van der Waals surface area contributed by atoms with Gasteiger partial charge in [-0.3, -0.25) is 24.5 Å². The van der Waals surface area contributed by atoms with Crippen LogP contribution in [0.1, 0.15) is 93.5 Å². The summed E-state index contributed by atoms with van der Waals surface area (Å²) in [5.74, 6) is -6.80. The smallest absolute Gasteiger partial charge is 0.344 e. The Morgan fingerprint density at radius 2 is 0.678 bits per heavy atom. The molecule has 3 radical (unpaired) electrons. The molecule has 5 aliphatic heterocycles. The molecule has 15 rings (SSSR count). The molecule has 767 valence electrons. The van der Waals surface area contributed by atoms with Crippen LogP contribution in [0.4, 0.5) is 5.69 Å². The summed E-state index contributed by atoms with van der Waals surface area (Å²) in [7, 11) is 0. The molecule has 5 saturated heterocycles. The van der Waals surface area contributed by atoms with Gasteiger partial charge in [-0.2, -0.15) is 0 Å². The number of carbonyl (C=O) groups excluding carboxylic acids is 8. The molecular weight excluding hydrogens is 2530 g/mol. The van der Waals surface area contributed by atoms with E-state index in [0.29, 0.717) is 27.8 Å². The molecule has 0 aromatic heterocycles. The largest absolute Gasteiger partial charge is 0.475 e. The van der Waals surface area contributed by atoms with E-state index in [9.17, 15) is 54.2 Å². The van der Waals surface area contributed by atoms with Crippen LogP contribution in [-0.2, 0) is 133 Å². The zero-order valence-electron chi connectivity index (χ0n) is 81.1. The molecule has 35 nitrogen and oxygen atoms in total. The monoisotopic (exact) mass is 2650 g/mol. The predicted octanol–water partition coefficient (Wildman–Crippen LogP) is 11.6. The molecule has 5 aliphatic rings. The van der Waals surface area contributed by atoms with Crippen molar-refractivity contribution in [2.24, 2.45) is 0 Å². The molecule has 8 unspecified atom stereocenters. The second-order valence-corrected chi connectivity index (χ2v) is 33.6. The van der Waals surface area contributed by atoms with E-state index in [1.54, 1.807) is 229 Å². The van der Waals surface area contributed by atoms with Gasteiger partial charge in [-0.05, 0) is 95.4 Å². The molecule has 146 heavy (non-hydrogen) atoms. The van der Waals surface area contributed by atoms with E-state index in [1.807, 2.05) is 0 Å². The van der Waals surface area contributed by atoms with Crippen molar-refractivity contribution in [2.75, 3.05) is 65.8 Å². The topological polar surface area (TPSA) is 422 Å². The van der Waals surface area contributed by atoms with Crippen LogP contribution in [0.2, 0.25) is 0 Å². The molecule has 5 heterocycles. The van der Waals surface area contributed by atoms with E-state index in [0.717, 1.165) is 12.1 Å². The van der Waals surface area contributed by atoms with Crippen LogP contribution in [0, 0.1) is 165 Å². The first-order chi connectivity index (χ1) is 68.2. The molecule has 0 bridgehead atoms. The molecule has 20 atom stereocenters. The molecule has 0 spiro atoms. The number of rotatable bonds is 42. The standard InChI is InChI=1S/C105H107N3O32.3CH3.3Ac/c1-66(110)56-122-62-81-88(126-58-69-32-14-4-15-33-69)86(114)91(135-98(116)73-40-22-8-23-41-73)102(132-81)130-64-83-90(128-60-71-36-18-6-19-37-71)94(139-104-92(136-99(117)74-42-24-9-25-43-74)85(113)87(80(55-109)131-104)125-57-68-30-12-3-13-31-68)96(138-101(119)76-46-28-11-29-47-76)105(134-83)140-93-89(127-59-70-34-16-5-17-35-70)82(133-103(129-61-72-38-20-7-21-39-72)95(93)137-100(118)75-44-26-10-27-45-75)63-124-84(112)65-123-79-49-48-77(54-78(79)108(120)121)97(115)107-52-50-106(51-53-107)67(2)111;;;;;;/h3-49,54,80-83,85-96,102-105,109,113-114H,50-53,55-65H2,1-2H3;3*1H3;;;/q;3*-1;;;/t80?,81?,82?,83?,85-,86-,87-,88-,89-,90-,91?,92?,93-,94-,95?,96?,102+,103+,104-,105-;;;;;;/m0....../s1. The van der Waals surface area contributed by atoms with Crippen molar-refractivity contribution in [3.05, 3.63) is 379 Å². The summed E-state index contributed by atoms with van der Waals surface area (Å²) in [6.45, 7) is -2.33. The summed E-state index contributed by atoms with van der Waals surface area (Å²) >= 11 is 0. The predicted molar refractivity (Wildman–Crippen MR) is 512 cm³/mol. The van der Waals surface area contributed by atoms with Crippen molar-refractivity contribution in [3.8, 4) is 5.75 Å². The maximum atomic E-state index is 15.9. The SMILES string of the molecule is CC(=O)COCC1O[C@@H](OCC2O[C@@H](O[C@@H]3C(OC(=O)c4ccccc4)[C@H](OCc4ccccc4)OC(COC(=O)COc4ccc(C(=O)N5CCN(C(C)=O)CC5)cc4[N+](=O)[O-])[C@@H]3OCc3ccccc3)C(OC(=O)c3ccccc3)[C@@H](O[C@@H]3OC(CO)[C@H](OCc4ccccc4)[C@H](O)C3OC(=O)c3ccccc3)[C@H]2OCc2ccccc2)C(OC(=O)c2ccccc2)[C@@H](O)[C@H]1OCc1ccccc1.[Ac].[Ac].[Ac].[CH3-].[CH3-].[CH3-]. The molecular formula is C108H116Ac3N3O32-3. The van der Waals surface area contributed by atoms with E-state index < -0.39 is 215 Å². The molecule has 0 saturated carbocycles. The average molecular weight is 2650 g/mol. The Hall–Kier alpha value is -8.96. The van der Waals surface area contributed by atoms with Gasteiger partial charge in [-0.15, -0.1) is 0 Å². The minimum Gasteiger partial charge on any atom is -0.475 e. The van der Waals surface area contributed by atoms with E-state index in [1.165, 1.54) is 73.3 Å². The van der Waals surface area contributed by atoms with Crippen molar-refractivity contribution < 1.29 is 281 Å². The maximum Gasteiger partial charge on any atom is 0.344 e. The Labute approximate surface area is 954 Å². The number of benzene rings is 10. The summed E-state index contributed by atoms with van der Waals surface area (Å²) in [4.78, 5) is 129. The number of Topliss-reactive ketones (excluding diaryl/α,β-unsaturated/α-hetero) is 1. The Morgan fingerprint density at radius 1 is 0.356 bits per heavy atom. The maximum absolute atomic E-state index is 15.9. The zero-order valence-corrected chi connectivity index (χ0v) is 95.4. The minimum atomic E-state index is -2.27. The fourth-order valence-electron chi connectivity index (χ4n) is 16.6. The number of nitrogens with zero attached hydrogens (tertiary/aromatic N) is 3. The number of aliphatic hydroxyl groups excluding tert-OH is 3. The first kappa shape index (κ1) is 121. The van der Waals surface area contributed by atoms with Crippen molar-refractivity contribution >= 4 is 53.1 Å². The number of amides is 2. The Kier molecular flexibility index (Phi) is 50.2. The van der Waals surface area contributed by atoms with Crippen molar-refractivity contribution in [1.82, 2.24) is 9.80 Å². The van der Waals surface area contributed by atoms with E-state index in [4.69, 9.17) is 90.0 Å². The number of hydrogen-bond donors (Lipinski definition) is 3. The minimum absolute atomic E-state index is 0. The molecule has 5 fully saturated rings. The second-order valence-electron chi connectivity index (χ2n) is 33.6. The number of ether oxygens (including phenoxy) is 19. The average Bonchev–Trinajstić information content (AvgIpc) is 0.757. The Balaban J connectivity index is 0.00000395. The number of esters is 5. The first-order valence-corrected chi connectivity index (χ1v) is 45.7. The molecule has 2 amide bonds. The quantitative estimate of drug-likeness (QED) is 0.0105. The Morgan fingerprint density at radius 3 is 1.07 bits per heavy atom. The van der Waals surface area contributed by atoms with Gasteiger partial charge in [0.15, 0.2) is 67.7 Å². The number of carbonyl (C=O) groups is 8. The van der Waals surface area contributed by atoms with Crippen LogP contribution < -0.4 is 4.74 Å². The number of nitro groups is 1. The number of ketones is 1. The van der Waals surface area contributed by atoms with Gasteiger partial charge < -0.3 is 137 Å². The zero-order chi connectivity index (χ0) is 97.8. The third kappa shape index (κ3) is 33.3. The summed E-state index contributed by atoms with van der Waals surface area (Å²) < 4.78 is 129. The van der Waals surface area contributed by atoms with Crippen LogP contribution in [0.15, 0.2) is 291 Å². The Bertz CT molecular complexity index is 5700. The van der Waals surface area contributed by atoms with Crippen LogP contribution >= 0.6 is 0 Å². The van der Waals surface area contributed by atoms with Gasteiger partial charge >= 0.3 is 35.5 Å². The normalized spacial score (nSPS) is 24.0. The van der Waals surface area contributed by atoms with Crippen LogP contribution in [-0.4, -0.2) is 266 Å². The summed E-state index contributed by atoms with van der Waals surface area (Å²) in [5.41, 5.74) is 2.02. The fourth-order valence-corrected chi connectivity index (χ4v) is 16.6. The molecule has 0 aliphatic carbocycles. The summed E-state index contributed by atoms with van der Waals surface area (Å²) in [6.07, 6.45) is -36.9. The van der Waals surface area contributed by atoms with Crippen LogP contribution in [0.25, 0.3) is 0 Å². The van der Waals surface area contributed by atoms with Crippen molar-refractivity contribution in [3.63, 3.8) is 0 Å². The van der Waals surface area contributed by atoms with Gasteiger partial charge in [0.05, 0.1) is 80.0 Å². The third-order valence-electron chi connectivity index (χ3n) is 23.8. The van der Waals surface area contributed by atoms with Crippen LogP contribution in [0.5, 0.6) is 5.75 Å². The van der Waals surface area contributed by atoms with Gasteiger partial charge in [0.2, 0.25) is 5.91 Å². The molecule has 3 N–H and O–H groups in total. The van der Waals surface area contributed by atoms with Gasteiger partial charge in [0, 0.05) is 177 Å². The van der Waals surface area contributed by atoms with Crippen molar-refractivity contribution in [2.45, 2.75) is 170 Å².